The Labute approximate surface area is 91.8 Å². The van der Waals surface area contributed by atoms with Gasteiger partial charge in [-0.1, -0.05) is 15.9 Å². The maximum Gasteiger partial charge on any atom is 0.0457 e. The maximum absolute atomic E-state index is 3.49. The minimum Gasteiger partial charge on any atom is -0.361 e. The Morgan fingerprint density at radius 3 is 3.07 bits per heavy atom. The summed E-state index contributed by atoms with van der Waals surface area (Å²) in [4.78, 5) is 3.28. The van der Waals surface area contributed by atoms with Crippen molar-refractivity contribution in [1.29, 1.82) is 0 Å². The summed E-state index contributed by atoms with van der Waals surface area (Å²) >= 11 is 3.49. The van der Waals surface area contributed by atoms with E-state index in [0.29, 0.717) is 0 Å². The van der Waals surface area contributed by atoms with Crippen molar-refractivity contribution in [1.82, 2.24) is 10.3 Å². The van der Waals surface area contributed by atoms with Crippen LogP contribution >= 0.6 is 15.9 Å². The van der Waals surface area contributed by atoms with E-state index in [4.69, 9.17) is 0 Å². The molecule has 0 aliphatic rings. The highest BCUT2D eigenvalue weighted by molar-refractivity contribution is 9.10. The summed E-state index contributed by atoms with van der Waals surface area (Å²) in [6, 6.07) is 6.32. The molecule has 1 heterocycles. The molecule has 1 aromatic heterocycles. The molecule has 3 heteroatoms. The van der Waals surface area contributed by atoms with Gasteiger partial charge in [0.2, 0.25) is 0 Å². The molecule has 0 aliphatic heterocycles. The Balaban J connectivity index is 2.40. The van der Waals surface area contributed by atoms with Crippen LogP contribution in [0.3, 0.4) is 0 Å². The van der Waals surface area contributed by atoms with Gasteiger partial charge in [-0.15, -0.1) is 0 Å². The van der Waals surface area contributed by atoms with E-state index < -0.39 is 0 Å². The Kier molecular flexibility index (Phi) is 2.89. The Hall–Kier alpha value is -0.800. The molecule has 0 atom stereocenters. The fourth-order valence-corrected chi connectivity index (χ4v) is 1.98. The minimum atomic E-state index is 1.01. The van der Waals surface area contributed by atoms with Crippen molar-refractivity contribution in [2.45, 2.75) is 6.42 Å². The van der Waals surface area contributed by atoms with Crippen molar-refractivity contribution in [2.24, 2.45) is 0 Å². The van der Waals surface area contributed by atoms with Crippen LogP contribution in [0, 0.1) is 0 Å². The van der Waals surface area contributed by atoms with Gasteiger partial charge in [0.25, 0.3) is 0 Å². The van der Waals surface area contributed by atoms with E-state index in [1.807, 2.05) is 7.05 Å². The van der Waals surface area contributed by atoms with Gasteiger partial charge in [0.05, 0.1) is 0 Å². The normalized spacial score (nSPS) is 11.0. The van der Waals surface area contributed by atoms with Crippen LogP contribution in [-0.4, -0.2) is 18.6 Å². The molecule has 0 spiro atoms. The second-order valence-corrected chi connectivity index (χ2v) is 4.27. The SMILES string of the molecule is CNCCc1c[nH]c2ccc(Br)cc12. The Bertz CT molecular complexity index is 434. The number of benzene rings is 1. The van der Waals surface area contributed by atoms with Crippen molar-refractivity contribution in [3.63, 3.8) is 0 Å². The maximum atomic E-state index is 3.49. The number of nitrogens with one attached hydrogen (secondary N) is 2. The third-order valence-electron chi connectivity index (χ3n) is 2.37. The number of rotatable bonds is 3. The van der Waals surface area contributed by atoms with E-state index in [9.17, 15) is 0 Å². The summed E-state index contributed by atoms with van der Waals surface area (Å²) in [5.74, 6) is 0. The topological polar surface area (TPSA) is 27.8 Å². The highest BCUT2D eigenvalue weighted by atomic mass is 79.9. The molecule has 0 amide bonds. The zero-order valence-corrected chi connectivity index (χ0v) is 9.69. The fourth-order valence-electron chi connectivity index (χ4n) is 1.62. The molecule has 0 bridgehead atoms. The molecular formula is C11H13BrN2. The number of hydrogen-bond donors (Lipinski definition) is 2. The monoisotopic (exact) mass is 252 g/mol. The molecule has 14 heavy (non-hydrogen) atoms. The largest absolute Gasteiger partial charge is 0.361 e. The highest BCUT2D eigenvalue weighted by Gasteiger charge is 2.02. The van der Waals surface area contributed by atoms with Crippen molar-refractivity contribution in [3.8, 4) is 0 Å². The van der Waals surface area contributed by atoms with E-state index in [1.165, 1.54) is 16.5 Å². The summed E-state index contributed by atoms with van der Waals surface area (Å²) in [6.45, 7) is 1.01. The first-order valence-corrected chi connectivity index (χ1v) is 5.50. The zero-order valence-electron chi connectivity index (χ0n) is 8.10. The van der Waals surface area contributed by atoms with Gasteiger partial charge in [0.15, 0.2) is 0 Å². The molecule has 0 saturated carbocycles. The predicted octanol–water partition coefficient (Wildman–Crippen LogP) is 2.69. The predicted molar refractivity (Wildman–Crippen MR) is 63.6 cm³/mol. The molecular weight excluding hydrogens is 240 g/mol. The van der Waals surface area contributed by atoms with Crippen LogP contribution in [-0.2, 0) is 6.42 Å². The van der Waals surface area contributed by atoms with Gasteiger partial charge in [-0.25, -0.2) is 0 Å². The van der Waals surface area contributed by atoms with Crippen LogP contribution in [0.2, 0.25) is 0 Å². The summed E-state index contributed by atoms with van der Waals surface area (Å²) in [5.41, 5.74) is 2.58. The Morgan fingerprint density at radius 1 is 1.43 bits per heavy atom. The first kappa shape index (κ1) is 9.74. The lowest BCUT2D eigenvalue weighted by molar-refractivity contribution is 0.795. The number of hydrogen-bond acceptors (Lipinski definition) is 1. The third kappa shape index (κ3) is 1.83. The average molecular weight is 253 g/mol. The van der Waals surface area contributed by atoms with Crippen molar-refractivity contribution >= 4 is 26.8 Å². The van der Waals surface area contributed by atoms with E-state index >= 15 is 0 Å². The first-order chi connectivity index (χ1) is 6.81. The number of aromatic nitrogens is 1. The lowest BCUT2D eigenvalue weighted by Crippen LogP contribution is -2.09. The summed E-state index contributed by atoms with van der Waals surface area (Å²) in [7, 11) is 1.98. The van der Waals surface area contributed by atoms with Crippen LogP contribution < -0.4 is 5.32 Å². The van der Waals surface area contributed by atoms with E-state index in [2.05, 4.69) is 50.6 Å². The van der Waals surface area contributed by atoms with Gasteiger partial charge in [0.1, 0.15) is 0 Å². The molecule has 2 aromatic rings. The molecule has 0 aliphatic carbocycles. The molecule has 1 aromatic carbocycles. The zero-order chi connectivity index (χ0) is 9.97. The molecule has 0 fully saturated rings. The van der Waals surface area contributed by atoms with Gasteiger partial charge >= 0.3 is 0 Å². The lowest BCUT2D eigenvalue weighted by atomic mass is 10.1. The molecule has 0 saturated heterocycles. The van der Waals surface area contributed by atoms with Crippen LogP contribution in [0.1, 0.15) is 5.56 Å². The van der Waals surface area contributed by atoms with Crippen molar-refractivity contribution in [3.05, 3.63) is 34.4 Å². The first-order valence-electron chi connectivity index (χ1n) is 4.71. The number of likely N-dealkylation sites (N-methyl/N-ethyl adjacent to an activating group) is 1. The van der Waals surface area contributed by atoms with Crippen LogP contribution in [0.4, 0.5) is 0 Å². The van der Waals surface area contributed by atoms with Gasteiger partial charge in [-0.05, 0) is 43.8 Å². The summed E-state index contributed by atoms with van der Waals surface area (Å²) < 4.78 is 1.13. The van der Waals surface area contributed by atoms with Crippen molar-refractivity contribution < 1.29 is 0 Å². The van der Waals surface area contributed by atoms with Crippen LogP contribution in [0.15, 0.2) is 28.9 Å². The van der Waals surface area contributed by atoms with Gasteiger partial charge in [-0.3, -0.25) is 0 Å². The number of fused-ring (bicyclic) bond motifs is 1. The third-order valence-corrected chi connectivity index (χ3v) is 2.87. The summed E-state index contributed by atoms with van der Waals surface area (Å²) in [5, 5.41) is 4.47. The number of H-pyrrole nitrogens is 1. The van der Waals surface area contributed by atoms with E-state index in [-0.39, 0.29) is 0 Å². The highest BCUT2D eigenvalue weighted by Crippen LogP contribution is 2.22. The fraction of sp³-hybridized carbons (Fsp3) is 0.273. The minimum absolute atomic E-state index is 1.01. The quantitative estimate of drug-likeness (QED) is 0.864. The van der Waals surface area contributed by atoms with E-state index in [1.54, 1.807) is 0 Å². The second-order valence-electron chi connectivity index (χ2n) is 3.36. The van der Waals surface area contributed by atoms with Gasteiger partial charge in [0, 0.05) is 21.6 Å². The molecule has 74 valence electrons. The smallest absolute Gasteiger partial charge is 0.0457 e. The number of halogens is 1. The standard InChI is InChI=1S/C11H13BrN2/c1-13-5-4-8-7-14-11-3-2-9(12)6-10(8)11/h2-3,6-7,13-14H,4-5H2,1H3. The second kappa shape index (κ2) is 4.15. The molecule has 0 unspecified atom stereocenters. The average Bonchev–Trinajstić information content (AvgIpc) is 2.57. The summed E-state index contributed by atoms with van der Waals surface area (Å²) in [6.07, 6.45) is 3.15. The van der Waals surface area contributed by atoms with Crippen LogP contribution in [0.25, 0.3) is 10.9 Å². The molecule has 2 nitrogen and oxygen atoms in total. The Morgan fingerprint density at radius 2 is 2.29 bits per heavy atom. The van der Waals surface area contributed by atoms with Gasteiger partial charge < -0.3 is 10.3 Å². The number of aromatic amines is 1. The van der Waals surface area contributed by atoms with Crippen molar-refractivity contribution in [2.75, 3.05) is 13.6 Å². The molecule has 2 N–H and O–H groups in total. The molecule has 2 rings (SSSR count). The van der Waals surface area contributed by atoms with E-state index in [0.717, 1.165) is 17.4 Å². The van der Waals surface area contributed by atoms with Crippen LogP contribution in [0.5, 0.6) is 0 Å². The lowest BCUT2D eigenvalue weighted by Gasteiger charge is -1.98. The molecule has 0 radical (unpaired) electrons. The van der Waals surface area contributed by atoms with Gasteiger partial charge in [-0.2, -0.15) is 0 Å².